The smallest absolute Gasteiger partial charge is 0.241 e. The number of nitrogens with zero attached hydrogens (tertiary/aromatic N) is 1. The van der Waals surface area contributed by atoms with Crippen molar-refractivity contribution in [2.75, 3.05) is 13.2 Å². The number of amides is 1. The van der Waals surface area contributed by atoms with Gasteiger partial charge in [0.25, 0.3) is 0 Å². The Labute approximate surface area is 126 Å². The van der Waals surface area contributed by atoms with E-state index < -0.39 is 0 Å². The first-order chi connectivity index (χ1) is 10.2. The van der Waals surface area contributed by atoms with E-state index in [1.54, 1.807) is 0 Å². The molecule has 1 amide bonds. The standard InChI is InChI=1S/C17H24N2O2/c1-3-5-15-17(20)19(14-8-9-21-11-14)16(18-15)13-7-4-6-12(2)10-13/h4,6-7,10,14-16,18H,3,5,8-9,11H2,1-2H3. The van der Waals surface area contributed by atoms with Crippen LogP contribution in [0, 0.1) is 6.92 Å². The maximum atomic E-state index is 12.8. The monoisotopic (exact) mass is 288 g/mol. The summed E-state index contributed by atoms with van der Waals surface area (Å²) in [5, 5.41) is 3.53. The average Bonchev–Trinajstić information content (AvgIpc) is 3.08. The second-order valence-corrected chi connectivity index (χ2v) is 6.09. The highest BCUT2D eigenvalue weighted by molar-refractivity contribution is 5.85. The molecule has 0 aromatic heterocycles. The third-order valence-electron chi connectivity index (χ3n) is 4.42. The molecule has 21 heavy (non-hydrogen) atoms. The van der Waals surface area contributed by atoms with Gasteiger partial charge in [0.2, 0.25) is 5.91 Å². The van der Waals surface area contributed by atoms with Gasteiger partial charge in [-0.1, -0.05) is 43.2 Å². The zero-order chi connectivity index (χ0) is 14.8. The molecule has 2 saturated heterocycles. The van der Waals surface area contributed by atoms with Gasteiger partial charge in [-0.3, -0.25) is 10.1 Å². The van der Waals surface area contributed by atoms with Gasteiger partial charge in [-0.25, -0.2) is 0 Å². The van der Waals surface area contributed by atoms with Crippen LogP contribution in [0.15, 0.2) is 24.3 Å². The van der Waals surface area contributed by atoms with E-state index in [0.717, 1.165) is 25.9 Å². The van der Waals surface area contributed by atoms with Crippen LogP contribution < -0.4 is 5.32 Å². The first kappa shape index (κ1) is 14.5. The molecule has 3 unspecified atom stereocenters. The molecule has 1 N–H and O–H groups in total. The summed E-state index contributed by atoms with van der Waals surface area (Å²) in [4.78, 5) is 14.8. The minimum atomic E-state index is -0.0545. The van der Waals surface area contributed by atoms with Crippen molar-refractivity contribution in [1.29, 1.82) is 0 Å². The van der Waals surface area contributed by atoms with Gasteiger partial charge in [0.15, 0.2) is 0 Å². The third-order valence-corrected chi connectivity index (χ3v) is 4.42. The molecule has 3 rings (SSSR count). The molecule has 3 atom stereocenters. The summed E-state index contributed by atoms with van der Waals surface area (Å²) in [6.45, 7) is 5.63. The van der Waals surface area contributed by atoms with Crippen molar-refractivity contribution in [3.05, 3.63) is 35.4 Å². The van der Waals surface area contributed by atoms with Crippen LogP contribution in [0.1, 0.15) is 43.5 Å². The number of ether oxygens (including phenoxy) is 1. The highest BCUT2D eigenvalue weighted by atomic mass is 16.5. The fraction of sp³-hybridized carbons (Fsp3) is 0.588. The Kier molecular flexibility index (Phi) is 4.27. The molecule has 114 valence electrons. The molecular formula is C17H24N2O2. The number of hydrogen-bond acceptors (Lipinski definition) is 3. The number of nitrogens with one attached hydrogen (secondary N) is 1. The van der Waals surface area contributed by atoms with E-state index in [2.05, 4.69) is 43.4 Å². The van der Waals surface area contributed by atoms with Gasteiger partial charge in [0, 0.05) is 6.61 Å². The molecule has 2 aliphatic rings. The van der Waals surface area contributed by atoms with Gasteiger partial charge in [-0.15, -0.1) is 0 Å². The SMILES string of the molecule is CCCC1NC(c2cccc(C)c2)N(C2CCOC2)C1=O. The number of hydrogen-bond donors (Lipinski definition) is 1. The summed E-state index contributed by atoms with van der Waals surface area (Å²) in [5.41, 5.74) is 2.40. The summed E-state index contributed by atoms with van der Waals surface area (Å²) in [6.07, 6.45) is 2.83. The molecule has 2 fully saturated rings. The van der Waals surface area contributed by atoms with Crippen molar-refractivity contribution in [2.45, 2.75) is 51.4 Å². The van der Waals surface area contributed by atoms with Crippen molar-refractivity contribution in [1.82, 2.24) is 10.2 Å². The van der Waals surface area contributed by atoms with Crippen LogP contribution >= 0.6 is 0 Å². The van der Waals surface area contributed by atoms with Crippen molar-refractivity contribution >= 4 is 5.91 Å². The molecule has 0 saturated carbocycles. The highest BCUT2D eigenvalue weighted by Crippen LogP contribution is 2.31. The number of carbonyl (C=O) groups is 1. The van der Waals surface area contributed by atoms with E-state index in [0.29, 0.717) is 6.61 Å². The van der Waals surface area contributed by atoms with Gasteiger partial charge in [-0.2, -0.15) is 0 Å². The van der Waals surface area contributed by atoms with E-state index in [9.17, 15) is 4.79 Å². The molecule has 4 nitrogen and oxygen atoms in total. The normalized spacial score (nSPS) is 29.3. The minimum Gasteiger partial charge on any atom is -0.379 e. The molecule has 4 heteroatoms. The Morgan fingerprint density at radius 2 is 2.29 bits per heavy atom. The summed E-state index contributed by atoms with van der Waals surface area (Å²) in [5.74, 6) is 0.235. The molecular weight excluding hydrogens is 264 g/mol. The lowest BCUT2D eigenvalue weighted by Gasteiger charge is -2.29. The summed E-state index contributed by atoms with van der Waals surface area (Å²) < 4.78 is 5.50. The minimum absolute atomic E-state index is 0.0133. The van der Waals surface area contributed by atoms with Gasteiger partial charge >= 0.3 is 0 Å². The van der Waals surface area contributed by atoms with E-state index in [1.807, 2.05) is 4.90 Å². The first-order valence-corrected chi connectivity index (χ1v) is 7.93. The van der Waals surface area contributed by atoms with E-state index in [4.69, 9.17) is 4.74 Å². The van der Waals surface area contributed by atoms with Gasteiger partial charge in [-0.05, 0) is 25.3 Å². The van der Waals surface area contributed by atoms with E-state index in [1.165, 1.54) is 11.1 Å². The van der Waals surface area contributed by atoms with Crippen LogP contribution in [-0.4, -0.2) is 36.1 Å². The molecule has 2 aliphatic heterocycles. The first-order valence-electron chi connectivity index (χ1n) is 7.93. The van der Waals surface area contributed by atoms with Gasteiger partial charge in [0.05, 0.1) is 18.7 Å². The zero-order valence-corrected chi connectivity index (χ0v) is 12.8. The van der Waals surface area contributed by atoms with Crippen LogP contribution in [0.5, 0.6) is 0 Å². The largest absolute Gasteiger partial charge is 0.379 e. The summed E-state index contributed by atoms with van der Waals surface area (Å²) in [7, 11) is 0. The molecule has 1 aromatic rings. The maximum absolute atomic E-state index is 12.8. The van der Waals surface area contributed by atoms with E-state index >= 15 is 0 Å². The fourth-order valence-electron chi connectivity index (χ4n) is 3.37. The van der Waals surface area contributed by atoms with Crippen LogP contribution in [-0.2, 0) is 9.53 Å². The highest BCUT2D eigenvalue weighted by Gasteiger charge is 2.43. The number of rotatable bonds is 4. The lowest BCUT2D eigenvalue weighted by molar-refractivity contribution is -0.132. The Morgan fingerprint density at radius 3 is 2.95 bits per heavy atom. The third kappa shape index (κ3) is 2.83. The summed E-state index contributed by atoms with van der Waals surface area (Å²) in [6, 6.07) is 8.58. The van der Waals surface area contributed by atoms with Crippen LogP contribution in [0.3, 0.4) is 0 Å². The lowest BCUT2D eigenvalue weighted by Crippen LogP contribution is -2.40. The van der Waals surface area contributed by atoms with Crippen molar-refractivity contribution < 1.29 is 9.53 Å². The Bertz CT molecular complexity index is 511. The molecule has 0 aliphatic carbocycles. The van der Waals surface area contributed by atoms with Crippen molar-refractivity contribution in [3.8, 4) is 0 Å². The Hall–Kier alpha value is -1.39. The molecule has 0 bridgehead atoms. The predicted molar refractivity (Wildman–Crippen MR) is 81.8 cm³/mol. The zero-order valence-electron chi connectivity index (χ0n) is 12.8. The molecule has 0 spiro atoms. The predicted octanol–water partition coefficient (Wildman–Crippen LogP) is 2.38. The van der Waals surface area contributed by atoms with Crippen LogP contribution in [0.2, 0.25) is 0 Å². The molecule has 2 heterocycles. The maximum Gasteiger partial charge on any atom is 0.241 e. The summed E-state index contributed by atoms with van der Waals surface area (Å²) >= 11 is 0. The number of benzene rings is 1. The Balaban J connectivity index is 1.89. The molecule has 0 radical (unpaired) electrons. The topological polar surface area (TPSA) is 41.6 Å². The average molecular weight is 288 g/mol. The van der Waals surface area contributed by atoms with Crippen molar-refractivity contribution in [2.24, 2.45) is 0 Å². The second-order valence-electron chi connectivity index (χ2n) is 6.09. The Morgan fingerprint density at radius 1 is 1.43 bits per heavy atom. The molecule has 1 aromatic carbocycles. The van der Waals surface area contributed by atoms with E-state index in [-0.39, 0.29) is 24.2 Å². The quantitative estimate of drug-likeness (QED) is 0.925. The number of aryl methyl sites for hydroxylation is 1. The van der Waals surface area contributed by atoms with Crippen LogP contribution in [0.4, 0.5) is 0 Å². The fourth-order valence-corrected chi connectivity index (χ4v) is 3.37. The van der Waals surface area contributed by atoms with Crippen molar-refractivity contribution in [3.63, 3.8) is 0 Å². The number of carbonyl (C=O) groups excluding carboxylic acids is 1. The van der Waals surface area contributed by atoms with Gasteiger partial charge < -0.3 is 9.64 Å². The lowest BCUT2D eigenvalue weighted by atomic mass is 10.1. The van der Waals surface area contributed by atoms with Gasteiger partial charge in [0.1, 0.15) is 6.17 Å². The van der Waals surface area contributed by atoms with Crippen LogP contribution in [0.25, 0.3) is 0 Å². The second kappa shape index (κ2) is 6.16.